The van der Waals surface area contributed by atoms with Crippen LogP contribution >= 0.6 is 0 Å². The van der Waals surface area contributed by atoms with Crippen molar-refractivity contribution in [3.8, 4) is 0 Å². The van der Waals surface area contributed by atoms with Crippen LogP contribution < -0.4 is 0 Å². The first-order chi connectivity index (χ1) is 10.1. The number of benzene rings is 2. The van der Waals surface area contributed by atoms with E-state index in [-0.39, 0.29) is 11.1 Å². The summed E-state index contributed by atoms with van der Waals surface area (Å²) in [5.74, 6) is 0. The van der Waals surface area contributed by atoms with Crippen LogP contribution in [-0.2, 0) is 36.6 Å². The first-order valence-corrected chi connectivity index (χ1v) is 7.26. The molecule has 2 rings (SSSR count). The van der Waals surface area contributed by atoms with Gasteiger partial charge in [0.2, 0.25) is 0 Å². The van der Waals surface area contributed by atoms with Gasteiger partial charge in [0.1, 0.15) is 0 Å². The molecular weight excluding hydrogens is 385 g/mol. The van der Waals surface area contributed by atoms with E-state index in [2.05, 4.69) is 0 Å². The molecule has 0 spiro atoms. The molecule has 0 heterocycles. The van der Waals surface area contributed by atoms with Crippen molar-refractivity contribution in [2.75, 3.05) is 0 Å². The maximum absolute atomic E-state index is 12.7. The zero-order chi connectivity index (χ0) is 16.5. The van der Waals surface area contributed by atoms with Gasteiger partial charge >= 0.3 is 137 Å². The van der Waals surface area contributed by atoms with Gasteiger partial charge in [-0.15, -0.1) is 0 Å². The zero-order valence-corrected chi connectivity index (χ0v) is 13.3. The summed E-state index contributed by atoms with van der Waals surface area (Å²) in [5, 5.41) is 0. The molecule has 2 aromatic carbocycles. The first kappa shape index (κ1) is 17.1. The van der Waals surface area contributed by atoms with Crippen molar-refractivity contribution in [1.29, 1.82) is 0 Å². The predicted octanol–water partition coefficient (Wildman–Crippen LogP) is 4.84. The van der Waals surface area contributed by atoms with Crippen LogP contribution in [0, 0.1) is 0 Å². The van der Waals surface area contributed by atoms with E-state index in [1.807, 2.05) is 0 Å². The Morgan fingerprint density at radius 1 is 0.682 bits per heavy atom. The van der Waals surface area contributed by atoms with E-state index < -0.39 is 23.5 Å². The van der Waals surface area contributed by atoms with Gasteiger partial charge < -0.3 is 0 Å². The number of alkyl halides is 6. The second kappa shape index (κ2) is 6.11. The van der Waals surface area contributed by atoms with Gasteiger partial charge in [0, 0.05) is 0 Å². The number of hydrogen-bond acceptors (Lipinski definition) is 0. The van der Waals surface area contributed by atoms with E-state index in [0.29, 0.717) is 3.21 Å². The van der Waals surface area contributed by atoms with Crippen LogP contribution in [0.4, 0.5) is 26.3 Å². The molecule has 0 atom stereocenters. The Balaban J connectivity index is 2.41. The molecule has 0 amide bonds. The molecule has 0 N–H and O–H groups in total. The summed E-state index contributed by atoms with van der Waals surface area (Å²) in [6.07, 6.45) is -8.97. The molecule has 0 saturated carbocycles. The van der Waals surface area contributed by atoms with Crippen molar-refractivity contribution >= 4 is 3.21 Å². The summed E-state index contributed by atoms with van der Waals surface area (Å²) in [6.45, 7) is 0. The fourth-order valence-electron chi connectivity index (χ4n) is 1.87. The third-order valence-corrected chi connectivity index (χ3v) is 4.38. The summed E-state index contributed by atoms with van der Waals surface area (Å²) in [6, 6.07) is 9.16. The van der Waals surface area contributed by atoms with Crippen molar-refractivity contribution in [1.82, 2.24) is 0 Å². The van der Waals surface area contributed by atoms with E-state index in [9.17, 15) is 26.3 Å². The normalized spacial score (nSPS) is 12.4. The fourth-order valence-corrected chi connectivity index (χ4v) is 2.63. The molecule has 0 aromatic heterocycles. The van der Waals surface area contributed by atoms with Gasteiger partial charge in [-0.2, -0.15) is 0 Å². The second-order valence-electron chi connectivity index (χ2n) is 4.53. The number of rotatable bonds is 2. The predicted molar refractivity (Wildman–Crippen MR) is 66.1 cm³/mol. The summed E-state index contributed by atoms with van der Waals surface area (Å²) >= 11 is 0.729. The molecule has 0 radical (unpaired) electrons. The van der Waals surface area contributed by atoms with Gasteiger partial charge in [-0.05, 0) is 0 Å². The number of hydrogen-bond donors (Lipinski definition) is 0. The average molecular weight is 393 g/mol. The van der Waals surface area contributed by atoms with Gasteiger partial charge in [0.05, 0.1) is 0 Å². The third-order valence-electron chi connectivity index (χ3n) is 2.96. The Labute approximate surface area is 137 Å². The molecular formula is C15H8F6Zr+2. The van der Waals surface area contributed by atoms with E-state index >= 15 is 0 Å². The van der Waals surface area contributed by atoms with Crippen LogP contribution in [0.3, 0.4) is 0 Å². The molecule has 0 fully saturated rings. The van der Waals surface area contributed by atoms with Crippen molar-refractivity contribution in [3.63, 3.8) is 0 Å². The molecule has 2 aromatic rings. The average Bonchev–Trinajstić information content (AvgIpc) is 2.45. The Bertz CT molecular complexity index is 640. The molecule has 0 aliphatic carbocycles. The van der Waals surface area contributed by atoms with Gasteiger partial charge in [-0.1, -0.05) is 0 Å². The Hall–Kier alpha value is -1.23. The van der Waals surface area contributed by atoms with E-state index in [1.165, 1.54) is 24.3 Å². The van der Waals surface area contributed by atoms with E-state index in [1.54, 1.807) is 0 Å². The quantitative estimate of drug-likeness (QED) is 0.641. The number of halogens is 6. The van der Waals surface area contributed by atoms with Crippen LogP contribution in [0.15, 0.2) is 48.5 Å². The topological polar surface area (TPSA) is 0 Å². The zero-order valence-electron chi connectivity index (χ0n) is 10.9. The SMILES string of the molecule is FC(F)(F)c1cccc([C](=[Zr+2])c2cccc(C(F)(F)F)c2)c1. The van der Waals surface area contributed by atoms with Gasteiger partial charge in [0.25, 0.3) is 0 Å². The van der Waals surface area contributed by atoms with Crippen LogP contribution in [0.2, 0.25) is 0 Å². The Morgan fingerprint density at radius 2 is 1.05 bits per heavy atom. The summed E-state index contributed by atoms with van der Waals surface area (Å²) in [7, 11) is 0. The fraction of sp³-hybridized carbons (Fsp3) is 0.133. The summed E-state index contributed by atoms with van der Waals surface area (Å²) < 4.78 is 76.7. The molecule has 0 saturated heterocycles. The Morgan fingerprint density at radius 3 is 1.36 bits per heavy atom. The molecule has 0 nitrogen and oxygen atoms in total. The van der Waals surface area contributed by atoms with Crippen molar-refractivity contribution in [2.24, 2.45) is 0 Å². The molecule has 22 heavy (non-hydrogen) atoms. The molecule has 0 aliphatic rings. The van der Waals surface area contributed by atoms with E-state index in [4.69, 9.17) is 0 Å². The van der Waals surface area contributed by atoms with E-state index in [0.717, 1.165) is 48.5 Å². The molecule has 7 heteroatoms. The third kappa shape index (κ3) is 3.94. The molecule has 112 valence electrons. The van der Waals surface area contributed by atoms with Crippen LogP contribution in [0.1, 0.15) is 22.3 Å². The van der Waals surface area contributed by atoms with Gasteiger partial charge in [0.15, 0.2) is 0 Å². The standard InChI is InChI=1S/C15H8F6.Zr/c16-14(17,18)12-5-1-3-10(8-12)7-11-4-2-6-13(9-11)15(19,20)21;/h1-6,8-9H;/q;+2. The van der Waals surface area contributed by atoms with Crippen LogP contribution in [0.25, 0.3) is 0 Å². The summed E-state index contributed by atoms with van der Waals surface area (Å²) in [5.41, 5.74) is -1.10. The van der Waals surface area contributed by atoms with Crippen LogP contribution in [-0.4, -0.2) is 3.21 Å². The minimum atomic E-state index is -4.49. The van der Waals surface area contributed by atoms with Gasteiger partial charge in [-0.25, -0.2) is 0 Å². The van der Waals surface area contributed by atoms with Crippen molar-refractivity contribution in [3.05, 3.63) is 70.8 Å². The van der Waals surface area contributed by atoms with Crippen LogP contribution in [0.5, 0.6) is 0 Å². The maximum atomic E-state index is 12.7. The summed E-state index contributed by atoms with van der Waals surface area (Å²) in [4.78, 5) is 0. The Kier molecular flexibility index (Phi) is 4.76. The molecule has 0 bridgehead atoms. The van der Waals surface area contributed by atoms with Gasteiger partial charge in [-0.3, -0.25) is 0 Å². The van der Waals surface area contributed by atoms with Crippen molar-refractivity contribution < 1.29 is 50.6 Å². The monoisotopic (exact) mass is 392 g/mol. The van der Waals surface area contributed by atoms with Crippen molar-refractivity contribution in [2.45, 2.75) is 12.4 Å². The minimum absolute atomic E-state index is 0.271. The first-order valence-electron chi connectivity index (χ1n) is 6.03. The molecule has 0 aliphatic heterocycles. The molecule has 0 unspecified atom stereocenters. The second-order valence-corrected chi connectivity index (χ2v) is 5.76.